The molecule has 140 valence electrons. The molecule has 1 atom stereocenters. The van der Waals surface area contributed by atoms with E-state index in [1.54, 1.807) is 31.2 Å². The van der Waals surface area contributed by atoms with Gasteiger partial charge < -0.3 is 16.0 Å². The van der Waals surface area contributed by atoms with Crippen LogP contribution in [0.15, 0.2) is 59.8 Å². The van der Waals surface area contributed by atoms with Gasteiger partial charge in [0.25, 0.3) is 11.6 Å². The Morgan fingerprint density at radius 3 is 2.39 bits per heavy atom. The van der Waals surface area contributed by atoms with Gasteiger partial charge in [0.1, 0.15) is 0 Å². The average Bonchev–Trinajstić information content (AvgIpc) is 2.67. The average molecular weight is 377 g/mol. The van der Waals surface area contributed by atoms with Gasteiger partial charge in [-0.25, -0.2) is 4.79 Å². The summed E-state index contributed by atoms with van der Waals surface area (Å²) < 4.78 is 0. The number of carbonyl (C=O) groups excluding carboxylic acids is 2. The van der Waals surface area contributed by atoms with E-state index in [9.17, 15) is 19.7 Å². The minimum atomic E-state index is -0.709. The van der Waals surface area contributed by atoms with Crippen molar-refractivity contribution in [1.82, 2.24) is 10.6 Å². The summed E-state index contributed by atoms with van der Waals surface area (Å²) in [6, 6.07) is 12.8. The molecule has 9 heteroatoms. The van der Waals surface area contributed by atoms with Gasteiger partial charge in [-0.05, 0) is 36.8 Å². The number of non-ortho nitro benzene ring substituents is 1. The number of anilines is 1. The van der Waals surface area contributed by atoms with E-state index in [1.807, 2.05) is 6.07 Å². The number of benzene rings is 2. The summed E-state index contributed by atoms with van der Waals surface area (Å²) in [5, 5.41) is 27.6. The zero-order valence-electron chi connectivity index (χ0n) is 14.7. The molecule has 0 radical (unpaired) electrons. The molecule has 0 unspecified atom stereocenters. The zero-order valence-corrected chi connectivity index (χ0v) is 14.7. The van der Waals surface area contributed by atoms with Crippen LogP contribution in [0.25, 0.3) is 0 Å². The monoisotopic (exact) mass is 377 g/mol. The standard InChI is InChI=1S/C19H15N5O4/c1-11-16(18(25)22-14-6-8-15(9-7-14)24(27)28)17(23-19(26)21-11)13-4-2-12(10-20)3-5-13/h2-9,17H,1H3,(H,22,25)(H2,21,23,26)/t17-/m0/s1. The summed E-state index contributed by atoms with van der Waals surface area (Å²) in [7, 11) is 0. The van der Waals surface area contributed by atoms with Crippen LogP contribution in [-0.4, -0.2) is 16.9 Å². The van der Waals surface area contributed by atoms with E-state index in [2.05, 4.69) is 16.0 Å². The number of carbonyl (C=O) groups is 2. The molecule has 1 aliphatic heterocycles. The molecular weight excluding hydrogens is 362 g/mol. The molecule has 3 amide bonds. The first-order valence-electron chi connectivity index (χ1n) is 8.23. The highest BCUT2D eigenvalue weighted by atomic mass is 16.6. The second-order valence-corrected chi connectivity index (χ2v) is 6.06. The zero-order chi connectivity index (χ0) is 20.3. The third-order valence-electron chi connectivity index (χ3n) is 4.22. The number of nitro benzene ring substituents is 1. The number of nitrogens with one attached hydrogen (secondary N) is 3. The molecule has 2 aromatic rings. The fourth-order valence-corrected chi connectivity index (χ4v) is 2.86. The number of urea groups is 1. The highest BCUT2D eigenvalue weighted by molar-refractivity contribution is 6.06. The topological polar surface area (TPSA) is 137 Å². The third kappa shape index (κ3) is 3.81. The van der Waals surface area contributed by atoms with Crippen molar-refractivity contribution in [2.24, 2.45) is 0 Å². The minimum Gasteiger partial charge on any atom is -0.327 e. The Hall–Kier alpha value is -4.19. The normalized spacial score (nSPS) is 15.9. The van der Waals surface area contributed by atoms with E-state index in [1.165, 1.54) is 24.3 Å². The van der Waals surface area contributed by atoms with Crippen molar-refractivity contribution in [3.63, 3.8) is 0 Å². The minimum absolute atomic E-state index is 0.0875. The molecule has 0 saturated heterocycles. The third-order valence-corrected chi connectivity index (χ3v) is 4.22. The van der Waals surface area contributed by atoms with Crippen molar-refractivity contribution in [2.75, 3.05) is 5.32 Å². The summed E-state index contributed by atoms with van der Waals surface area (Å²) in [5.74, 6) is -0.465. The van der Waals surface area contributed by atoms with Gasteiger partial charge in [0.2, 0.25) is 0 Å². The predicted molar refractivity (Wildman–Crippen MR) is 100.0 cm³/mol. The van der Waals surface area contributed by atoms with E-state index >= 15 is 0 Å². The second kappa shape index (κ2) is 7.59. The molecule has 1 aliphatic rings. The maximum absolute atomic E-state index is 12.9. The maximum atomic E-state index is 12.9. The molecule has 2 aromatic carbocycles. The lowest BCUT2D eigenvalue weighted by atomic mass is 9.94. The molecule has 0 fully saturated rings. The van der Waals surface area contributed by atoms with Crippen molar-refractivity contribution in [2.45, 2.75) is 13.0 Å². The van der Waals surface area contributed by atoms with Gasteiger partial charge in [-0.2, -0.15) is 5.26 Å². The first-order valence-corrected chi connectivity index (χ1v) is 8.23. The lowest BCUT2D eigenvalue weighted by Crippen LogP contribution is -2.45. The van der Waals surface area contributed by atoms with Crippen LogP contribution in [-0.2, 0) is 4.79 Å². The number of allylic oxidation sites excluding steroid dienone is 1. The van der Waals surface area contributed by atoms with E-state index in [4.69, 9.17) is 5.26 Å². The predicted octanol–water partition coefficient (Wildman–Crippen LogP) is 2.73. The SMILES string of the molecule is CC1=C(C(=O)Nc2ccc([N+](=O)[O-])cc2)[C@H](c2ccc(C#N)cc2)NC(=O)N1. The smallest absolute Gasteiger partial charge is 0.319 e. The van der Waals surface area contributed by atoms with Crippen molar-refractivity contribution < 1.29 is 14.5 Å². The number of hydrogen-bond donors (Lipinski definition) is 3. The lowest BCUT2D eigenvalue weighted by molar-refractivity contribution is -0.384. The molecule has 0 spiro atoms. The van der Waals surface area contributed by atoms with Crippen molar-refractivity contribution >= 4 is 23.3 Å². The first-order chi connectivity index (χ1) is 13.4. The molecular formula is C19H15N5O4. The maximum Gasteiger partial charge on any atom is 0.319 e. The Bertz CT molecular complexity index is 1020. The first kappa shape index (κ1) is 18.6. The summed E-state index contributed by atoms with van der Waals surface area (Å²) in [4.78, 5) is 35.0. The molecule has 3 N–H and O–H groups in total. The highest BCUT2D eigenvalue weighted by Crippen LogP contribution is 2.28. The van der Waals surface area contributed by atoms with Gasteiger partial charge in [-0.3, -0.25) is 14.9 Å². The summed E-state index contributed by atoms with van der Waals surface area (Å²) in [6.07, 6.45) is 0. The number of nitro groups is 1. The summed E-state index contributed by atoms with van der Waals surface area (Å²) in [5.41, 5.74) is 2.07. The molecule has 0 saturated carbocycles. The van der Waals surface area contributed by atoms with E-state index in [0.29, 0.717) is 28.1 Å². The Kier molecular flexibility index (Phi) is 5.04. The van der Waals surface area contributed by atoms with Crippen LogP contribution in [0.5, 0.6) is 0 Å². The summed E-state index contributed by atoms with van der Waals surface area (Å²) >= 11 is 0. The number of rotatable bonds is 4. The molecule has 0 bridgehead atoms. The molecule has 0 aliphatic carbocycles. The van der Waals surface area contributed by atoms with Crippen molar-refractivity contribution in [3.05, 3.63) is 81.0 Å². The van der Waals surface area contributed by atoms with Gasteiger partial charge >= 0.3 is 6.03 Å². The molecule has 28 heavy (non-hydrogen) atoms. The summed E-state index contributed by atoms with van der Waals surface area (Å²) in [6.45, 7) is 1.61. The molecule has 9 nitrogen and oxygen atoms in total. The van der Waals surface area contributed by atoms with E-state index in [-0.39, 0.29) is 5.69 Å². The van der Waals surface area contributed by atoms with Gasteiger partial charge in [-0.1, -0.05) is 12.1 Å². The van der Waals surface area contributed by atoms with Gasteiger partial charge in [0.05, 0.1) is 28.2 Å². The van der Waals surface area contributed by atoms with Crippen LogP contribution in [0.3, 0.4) is 0 Å². The number of hydrogen-bond acceptors (Lipinski definition) is 5. The Morgan fingerprint density at radius 2 is 1.82 bits per heavy atom. The van der Waals surface area contributed by atoms with Gasteiger partial charge in [0, 0.05) is 23.5 Å². The second-order valence-electron chi connectivity index (χ2n) is 6.06. The van der Waals surface area contributed by atoms with Crippen LogP contribution in [0.2, 0.25) is 0 Å². The number of amides is 3. The van der Waals surface area contributed by atoms with Crippen LogP contribution in [0, 0.1) is 21.4 Å². The Balaban J connectivity index is 1.89. The lowest BCUT2D eigenvalue weighted by Gasteiger charge is -2.28. The number of nitrogens with zero attached hydrogens (tertiary/aromatic N) is 2. The quantitative estimate of drug-likeness (QED) is 0.556. The molecule has 1 heterocycles. The van der Waals surface area contributed by atoms with Gasteiger partial charge in [-0.15, -0.1) is 0 Å². The fourth-order valence-electron chi connectivity index (χ4n) is 2.86. The Labute approximate surface area is 159 Å². The van der Waals surface area contributed by atoms with Crippen molar-refractivity contribution in [1.29, 1.82) is 5.26 Å². The number of nitriles is 1. The van der Waals surface area contributed by atoms with Crippen LogP contribution >= 0.6 is 0 Å². The van der Waals surface area contributed by atoms with E-state index < -0.39 is 22.9 Å². The van der Waals surface area contributed by atoms with Gasteiger partial charge in [0.15, 0.2) is 0 Å². The fraction of sp³-hybridized carbons (Fsp3) is 0.105. The van der Waals surface area contributed by atoms with E-state index in [0.717, 1.165) is 0 Å². The Morgan fingerprint density at radius 1 is 1.18 bits per heavy atom. The van der Waals surface area contributed by atoms with Crippen LogP contribution in [0.1, 0.15) is 24.1 Å². The van der Waals surface area contributed by atoms with Crippen molar-refractivity contribution in [3.8, 4) is 6.07 Å². The largest absolute Gasteiger partial charge is 0.327 e. The van der Waals surface area contributed by atoms with Crippen LogP contribution < -0.4 is 16.0 Å². The highest BCUT2D eigenvalue weighted by Gasteiger charge is 2.31. The molecule has 0 aromatic heterocycles. The van der Waals surface area contributed by atoms with Crippen LogP contribution in [0.4, 0.5) is 16.2 Å². The molecule has 3 rings (SSSR count).